The largest absolute Gasteiger partial charge is 0.573 e. The molecule has 1 atom stereocenters. The second-order valence-corrected chi connectivity index (χ2v) is 8.62. The lowest BCUT2D eigenvalue weighted by Crippen LogP contribution is -2.27. The molecule has 2 amide bonds. The molecule has 2 heterocycles. The van der Waals surface area contributed by atoms with Crippen LogP contribution in [0.25, 0.3) is 0 Å². The Labute approximate surface area is 211 Å². The number of hydrogen-bond acceptors (Lipinski definition) is 6. The summed E-state index contributed by atoms with van der Waals surface area (Å²) in [7, 11) is 0. The smallest absolute Gasteiger partial charge is 0.404 e. The molecule has 1 aliphatic heterocycles. The minimum absolute atomic E-state index is 0.0251. The maximum Gasteiger partial charge on any atom is 0.573 e. The van der Waals surface area contributed by atoms with Crippen molar-refractivity contribution in [3.8, 4) is 5.75 Å². The van der Waals surface area contributed by atoms with Gasteiger partial charge < -0.3 is 26.4 Å². The normalized spacial score (nSPS) is 16.5. The summed E-state index contributed by atoms with van der Waals surface area (Å²) in [6.45, 7) is 3.31. The number of nitrogens with two attached hydrogens (primary N) is 2. The average Bonchev–Trinajstić information content (AvgIpc) is 3.05. The number of likely N-dealkylation sites (tertiary alicyclic amines) is 1. The molecule has 1 aromatic carbocycles. The molecule has 2 aromatic rings. The number of anilines is 2. The number of alkyl halides is 3. The molecular formula is C23H31F3N8O3. The Morgan fingerprint density at radius 3 is 2.70 bits per heavy atom. The first kappa shape index (κ1) is 27.8. The summed E-state index contributed by atoms with van der Waals surface area (Å²) in [5.41, 5.74) is 10.6. The number of aromatic nitrogens is 2. The number of carbonyl (C=O) groups excluding carboxylic acids is 1. The standard InChI is InChI=1S/C23H31F3N8O3/c24-23(25,26)37-18-8-2-1-7-17(18)31-22(36)33-21-30-14-16(19(35)32-21)15-6-5-12-34(13-9-15)11-4-3-10-29-20(27)28/h1-2,7-8,14-15H,3-6,9-13H2,(H4,27,28,29)(H3,30,31,32,33,35,36). The third-order valence-corrected chi connectivity index (χ3v) is 5.86. The molecule has 1 aromatic heterocycles. The minimum Gasteiger partial charge on any atom is -0.404 e. The van der Waals surface area contributed by atoms with E-state index in [1.165, 1.54) is 24.4 Å². The first-order chi connectivity index (χ1) is 17.6. The highest BCUT2D eigenvalue weighted by Crippen LogP contribution is 2.30. The zero-order valence-electron chi connectivity index (χ0n) is 20.2. The van der Waals surface area contributed by atoms with Gasteiger partial charge in [-0.1, -0.05) is 12.1 Å². The Balaban J connectivity index is 1.54. The van der Waals surface area contributed by atoms with E-state index in [-0.39, 0.29) is 29.1 Å². The van der Waals surface area contributed by atoms with E-state index in [4.69, 9.17) is 11.5 Å². The molecule has 1 aliphatic rings. The third-order valence-electron chi connectivity index (χ3n) is 5.86. The van der Waals surface area contributed by atoms with Crippen molar-refractivity contribution in [3.63, 3.8) is 0 Å². The second-order valence-electron chi connectivity index (χ2n) is 8.62. The number of carbonyl (C=O) groups is 1. The predicted octanol–water partition coefficient (Wildman–Crippen LogP) is 2.94. The van der Waals surface area contributed by atoms with Crippen LogP contribution in [0, 0.1) is 0 Å². The van der Waals surface area contributed by atoms with Crippen LogP contribution >= 0.6 is 0 Å². The van der Waals surface area contributed by atoms with Crippen LogP contribution in [0.4, 0.5) is 29.6 Å². The summed E-state index contributed by atoms with van der Waals surface area (Å²) in [5.74, 6) is -0.578. The molecule has 37 heavy (non-hydrogen) atoms. The molecule has 1 unspecified atom stereocenters. The highest BCUT2D eigenvalue weighted by Gasteiger charge is 2.32. The molecule has 0 radical (unpaired) electrons. The van der Waals surface area contributed by atoms with E-state index in [1.54, 1.807) is 0 Å². The van der Waals surface area contributed by atoms with E-state index in [1.807, 2.05) is 0 Å². The summed E-state index contributed by atoms with van der Waals surface area (Å²) in [6.07, 6.45) is 0.939. The molecule has 1 fully saturated rings. The number of aliphatic imine (C=N–C) groups is 1. The van der Waals surface area contributed by atoms with Crippen LogP contribution in [0.2, 0.25) is 0 Å². The van der Waals surface area contributed by atoms with Gasteiger partial charge >= 0.3 is 12.4 Å². The average molecular weight is 525 g/mol. The molecule has 11 nitrogen and oxygen atoms in total. The van der Waals surface area contributed by atoms with Crippen molar-refractivity contribution in [1.29, 1.82) is 0 Å². The van der Waals surface area contributed by atoms with Crippen LogP contribution in [0.1, 0.15) is 43.6 Å². The number of ether oxygens (including phenoxy) is 1. The van der Waals surface area contributed by atoms with Gasteiger partial charge in [0.15, 0.2) is 11.7 Å². The molecule has 7 N–H and O–H groups in total. The van der Waals surface area contributed by atoms with Gasteiger partial charge in [-0.3, -0.25) is 20.1 Å². The number of guanidine groups is 1. The number of urea groups is 1. The van der Waals surface area contributed by atoms with Gasteiger partial charge in [0.05, 0.1) is 5.69 Å². The number of unbranched alkanes of at least 4 members (excludes halogenated alkanes) is 1. The first-order valence-electron chi connectivity index (χ1n) is 11.9. The zero-order chi connectivity index (χ0) is 26.8. The van der Waals surface area contributed by atoms with Crippen molar-refractivity contribution in [3.05, 3.63) is 46.4 Å². The quantitative estimate of drug-likeness (QED) is 0.191. The number of rotatable bonds is 9. The van der Waals surface area contributed by atoms with Crippen molar-refractivity contribution in [1.82, 2.24) is 14.9 Å². The summed E-state index contributed by atoms with van der Waals surface area (Å²) >= 11 is 0. The molecular weight excluding hydrogens is 493 g/mol. The Bertz CT molecular complexity index is 1130. The van der Waals surface area contributed by atoms with E-state index in [0.717, 1.165) is 57.8 Å². The third kappa shape index (κ3) is 9.29. The molecule has 1 saturated heterocycles. The van der Waals surface area contributed by atoms with Gasteiger partial charge in [-0.25, -0.2) is 9.78 Å². The van der Waals surface area contributed by atoms with E-state index in [9.17, 15) is 22.8 Å². The zero-order valence-corrected chi connectivity index (χ0v) is 20.2. The number of benzene rings is 1. The van der Waals surface area contributed by atoms with Crippen molar-refractivity contribution >= 4 is 23.6 Å². The topological polar surface area (TPSA) is 164 Å². The number of para-hydroxylation sites is 2. The Morgan fingerprint density at radius 1 is 1.19 bits per heavy atom. The van der Waals surface area contributed by atoms with Gasteiger partial charge in [0, 0.05) is 18.3 Å². The highest BCUT2D eigenvalue weighted by molar-refractivity contribution is 5.99. The lowest BCUT2D eigenvalue weighted by Gasteiger charge is -2.19. The fraction of sp³-hybridized carbons (Fsp3) is 0.478. The van der Waals surface area contributed by atoms with Crippen LogP contribution in [0.3, 0.4) is 0 Å². The van der Waals surface area contributed by atoms with Crippen molar-refractivity contribution in [2.24, 2.45) is 16.5 Å². The van der Waals surface area contributed by atoms with Crippen LogP contribution in [-0.2, 0) is 0 Å². The summed E-state index contributed by atoms with van der Waals surface area (Å²) in [4.78, 5) is 38.0. The molecule has 3 rings (SSSR count). The predicted molar refractivity (Wildman–Crippen MR) is 134 cm³/mol. The van der Waals surface area contributed by atoms with Crippen LogP contribution < -0.4 is 32.4 Å². The number of halogens is 3. The first-order valence-corrected chi connectivity index (χ1v) is 11.9. The SMILES string of the molecule is NC(N)=NCCCCN1CCCC(c2cnc(NC(=O)Nc3ccccc3OC(F)(F)F)[nH]c2=O)CC1. The Hall–Kier alpha value is -3.81. The maximum atomic E-state index is 12.7. The lowest BCUT2D eigenvalue weighted by atomic mass is 9.94. The number of nitrogens with zero attached hydrogens (tertiary/aromatic N) is 3. The fourth-order valence-corrected chi connectivity index (χ4v) is 4.15. The molecule has 0 bridgehead atoms. The van der Waals surface area contributed by atoms with Crippen LogP contribution in [0.15, 0.2) is 40.2 Å². The fourth-order valence-electron chi connectivity index (χ4n) is 4.15. The monoisotopic (exact) mass is 524 g/mol. The van der Waals surface area contributed by atoms with E-state index in [0.29, 0.717) is 12.1 Å². The number of hydrogen-bond donors (Lipinski definition) is 5. The number of H-pyrrole nitrogens is 1. The van der Waals surface area contributed by atoms with Gasteiger partial charge in [0.2, 0.25) is 5.95 Å². The van der Waals surface area contributed by atoms with E-state index < -0.39 is 18.1 Å². The Kier molecular flexibility index (Phi) is 9.71. The number of nitrogens with one attached hydrogen (secondary N) is 3. The highest BCUT2D eigenvalue weighted by atomic mass is 19.4. The molecule has 202 valence electrons. The van der Waals surface area contributed by atoms with Crippen molar-refractivity contribution in [2.45, 2.75) is 44.4 Å². The van der Waals surface area contributed by atoms with Crippen molar-refractivity contribution in [2.75, 3.05) is 36.8 Å². The second kappa shape index (κ2) is 12.9. The lowest BCUT2D eigenvalue weighted by molar-refractivity contribution is -0.274. The van der Waals surface area contributed by atoms with Gasteiger partial charge in [0.25, 0.3) is 5.56 Å². The summed E-state index contributed by atoms with van der Waals surface area (Å²) in [5, 5.41) is 4.58. The molecule has 0 aliphatic carbocycles. The van der Waals surface area contributed by atoms with Gasteiger partial charge in [-0.05, 0) is 69.8 Å². The Morgan fingerprint density at radius 2 is 1.97 bits per heavy atom. The molecule has 14 heteroatoms. The van der Waals surface area contributed by atoms with Crippen molar-refractivity contribution < 1.29 is 22.7 Å². The molecule has 0 spiro atoms. The van der Waals surface area contributed by atoms with Gasteiger partial charge in [-0.15, -0.1) is 13.2 Å². The van der Waals surface area contributed by atoms with Crippen LogP contribution in [-0.4, -0.2) is 59.4 Å². The number of amides is 2. The van der Waals surface area contributed by atoms with E-state index in [2.05, 4.69) is 35.2 Å². The maximum absolute atomic E-state index is 12.7. The van der Waals surface area contributed by atoms with Gasteiger partial charge in [-0.2, -0.15) is 0 Å². The van der Waals surface area contributed by atoms with Gasteiger partial charge in [0.1, 0.15) is 0 Å². The number of aromatic amines is 1. The van der Waals surface area contributed by atoms with E-state index >= 15 is 0 Å². The minimum atomic E-state index is -4.92. The summed E-state index contributed by atoms with van der Waals surface area (Å²) in [6, 6.07) is 4.20. The van der Waals surface area contributed by atoms with Crippen LogP contribution in [0.5, 0.6) is 5.75 Å². The summed E-state index contributed by atoms with van der Waals surface area (Å²) < 4.78 is 41.7. The molecule has 0 saturated carbocycles.